The van der Waals surface area contributed by atoms with Crippen molar-refractivity contribution in [1.82, 2.24) is 0 Å². The van der Waals surface area contributed by atoms with Crippen LogP contribution >= 0.6 is 15.6 Å². The summed E-state index contributed by atoms with van der Waals surface area (Å²) in [4.78, 5) is 32.7. The molecule has 9 nitrogen and oxygen atoms in total. The van der Waals surface area contributed by atoms with Crippen molar-refractivity contribution < 1.29 is 42.9 Å². The molecule has 0 heterocycles. The van der Waals surface area contributed by atoms with Crippen LogP contribution in [0, 0.1) is 0 Å². The van der Waals surface area contributed by atoms with Crippen molar-refractivity contribution >= 4 is 15.6 Å². The van der Waals surface area contributed by atoms with Crippen molar-refractivity contribution in [3.05, 3.63) is 0 Å². The van der Waals surface area contributed by atoms with Gasteiger partial charge in [-0.1, -0.05) is 0 Å². The Labute approximate surface area is 78.8 Å². The molecule has 0 spiro atoms. The highest BCUT2D eigenvalue weighted by Crippen LogP contribution is 2.39. The molecule has 0 bridgehead atoms. The number of rotatable bonds is 6. The zero-order valence-electron chi connectivity index (χ0n) is 6.76. The number of aliphatic hydroxyl groups excluding tert-OH is 1. The summed E-state index contributed by atoms with van der Waals surface area (Å²) in [6, 6.07) is 0. The van der Waals surface area contributed by atoms with Gasteiger partial charge in [0.1, 0.15) is 0 Å². The zero-order valence-corrected chi connectivity index (χ0v) is 8.54. The minimum atomic E-state index is -4.80. The molecule has 0 aliphatic heterocycles. The van der Waals surface area contributed by atoms with Crippen molar-refractivity contribution in [3.8, 4) is 0 Å². The molecule has 0 aromatic carbocycles. The van der Waals surface area contributed by atoms with Crippen LogP contribution in [0.25, 0.3) is 0 Å². The molecular weight excluding hydrogens is 242 g/mol. The van der Waals surface area contributed by atoms with Gasteiger partial charge >= 0.3 is 15.6 Å². The van der Waals surface area contributed by atoms with E-state index < -0.39 is 35.0 Å². The molecule has 0 aliphatic carbocycles. The van der Waals surface area contributed by atoms with Crippen LogP contribution < -0.4 is 0 Å². The van der Waals surface area contributed by atoms with Crippen molar-refractivity contribution in [3.63, 3.8) is 0 Å². The fourth-order valence-corrected chi connectivity index (χ4v) is 1.25. The molecule has 0 rings (SSSR count). The summed E-state index contributed by atoms with van der Waals surface area (Å²) < 4.78 is 27.8. The van der Waals surface area contributed by atoms with Crippen molar-refractivity contribution in [2.45, 2.75) is 12.7 Å². The van der Waals surface area contributed by atoms with Gasteiger partial charge in [0, 0.05) is 6.42 Å². The summed E-state index contributed by atoms with van der Waals surface area (Å²) in [5, 5.41) is 8.73. The predicted octanol–water partition coefficient (Wildman–Crippen LogP) is -1.09. The van der Waals surface area contributed by atoms with E-state index in [2.05, 4.69) is 9.05 Å². The highest BCUT2D eigenvalue weighted by molar-refractivity contribution is 7.46. The van der Waals surface area contributed by atoms with E-state index in [1.54, 1.807) is 0 Å². The zero-order chi connectivity index (χ0) is 11.4. The molecular formula is C3H10O9P2. The first-order valence-electron chi connectivity index (χ1n) is 3.22. The van der Waals surface area contributed by atoms with Crippen LogP contribution in [0.15, 0.2) is 0 Å². The number of phosphoric ester groups is 2. The van der Waals surface area contributed by atoms with Crippen LogP contribution in [0.1, 0.15) is 6.42 Å². The Balaban J connectivity index is 3.71. The Kier molecular flexibility index (Phi) is 5.38. The summed E-state index contributed by atoms with van der Waals surface area (Å²) in [7, 11) is -9.44. The normalized spacial score (nSPS) is 15.5. The first-order valence-corrected chi connectivity index (χ1v) is 6.28. The monoisotopic (exact) mass is 252 g/mol. The van der Waals surface area contributed by atoms with E-state index in [9.17, 15) is 9.13 Å². The van der Waals surface area contributed by atoms with E-state index in [-0.39, 0.29) is 0 Å². The van der Waals surface area contributed by atoms with Crippen LogP contribution in [0.2, 0.25) is 0 Å². The van der Waals surface area contributed by atoms with Crippen LogP contribution in [0.3, 0.4) is 0 Å². The lowest BCUT2D eigenvalue weighted by atomic mass is 10.5. The van der Waals surface area contributed by atoms with Crippen LogP contribution in [0.4, 0.5) is 0 Å². The van der Waals surface area contributed by atoms with Gasteiger partial charge in [0.15, 0.2) is 6.29 Å². The van der Waals surface area contributed by atoms with Crippen molar-refractivity contribution in [2.75, 3.05) is 6.61 Å². The largest absolute Gasteiger partial charge is 0.471 e. The molecule has 1 atom stereocenters. The molecule has 86 valence electrons. The van der Waals surface area contributed by atoms with Gasteiger partial charge < -0.3 is 24.7 Å². The molecule has 1 unspecified atom stereocenters. The smallest absolute Gasteiger partial charge is 0.367 e. The summed E-state index contributed by atoms with van der Waals surface area (Å²) in [6.45, 7) is -0.592. The van der Waals surface area contributed by atoms with Crippen LogP contribution in [0.5, 0.6) is 0 Å². The van der Waals surface area contributed by atoms with Gasteiger partial charge in [-0.15, -0.1) is 0 Å². The average Bonchev–Trinajstić information content (AvgIpc) is 1.78. The third kappa shape index (κ3) is 10.3. The molecule has 0 amide bonds. The standard InChI is InChI=1S/C3H10O9P2/c4-3(12-14(8,9)10)1-2-11-13(5,6)7/h3-4H,1-2H2,(H2,5,6,7)(H2,8,9,10). The lowest BCUT2D eigenvalue weighted by Crippen LogP contribution is -2.12. The van der Waals surface area contributed by atoms with Gasteiger partial charge in [-0.2, -0.15) is 0 Å². The van der Waals surface area contributed by atoms with Gasteiger partial charge in [0.05, 0.1) is 6.61 Å². The van der Waals surface area contributed by atoms with E-state index in [0.717, 1.165) is 0 Å². The lowest BCUT2D eigenvalue weighted by Gasteiger charge is -2.12. The Bertz CT molecular complexity index is 251. The molecule has 0 fully saturated rings. The topological polar surface area (TPSA) is 154 Å². The fraction of sp³-hybridized carbons (Fsp3) is 1.00. The maximum atomic E-state index is 10.1. The van der Waals surface area contributed by atoms with Gasteiger partial charge in [-0.3, -0.25) is 9.05 Å². The minimum Gasteiger partial charge on any atom is -0.367 e. The summed E-state index contributed by atoms with van der Waals surface area (Å²) in [5.74, 6) is 0. The Hall–Kier alpha value is 0.180. The molecule has 0 aromatic heterocycles. The average molecular weight is 252 g/mol. The number of phosphoric acid groups is 2. The second-order valence-electron chi connectivity index (χ2n) is 2.16. The molecule has 14 heavy (non-hydrogen) atoms. The van der Waals surface area contributed by atoms with Crippen LogP contribution in [-0.2, 0) is 18.2 Å². The maximum Gasteiger partial charge on any atom is 0.471 e. The first-order chi connectivity index (χ1) is 6.10. The Morgan fingerprint density at radius 1 is 1.07 bits per heavy atom. The number of hydrogen-bond acceptors (Lipinski definition) is 5. The molecule has 11 heteroatoms. The quantitative estimate of drug-likeness (QED) is 0.293. The number of hydrogen-bond donors (Lipinski definition) is 5. The van der Waals surface area contributed by atoms with Crippen molar-refractivity contribution in [2.24, 2.45) is 0 Å². The molecule has 0 aromatic rings. The predicted molar refractivity (Wildman–Crippen MR) is 41.7 cm³/mol. The fourth-order valence-electron chi connectivity index (χ4n) is 0.484. The van der Waals surface area contributed by atoms with Gasteiger partial charge in [-0.25, -0.2) is 9.13 Å². The first kappa shape index (κ1) is 14.2. The Morgan fingerprint density at radius 2 is 1.57 bits per heavy atom. The van der Waals surface area contributed by atoms with E-state index in [4.69, 9.17) is 24.7 Å². The van der Waals surface area contributed by atoms with E-state index in [0.29, 0.717) is 0 Å². The third-order valence-corrected chi connectivity index (χ3v) is 1.92. The van der Waals surface area contributed by atoms with E-state index in [1.807, 2.05) is 0 Å². The molecule has 0 saturated carbocycles. The van der Waals surface area contributed by atoms with Crippen LogP contribution in [-0.4, -0.2) is 37.6 Å². The Morgan fingerprint density at radius 3 is 1.93 bits per heavy atom. The lowest BCUT2D eigenvalue weighted by molar-refractivity contribution is -0.0488. The van der Waals surface area contributed by atoms with Gasteiger partial charge in [-0.05, 0) is 0 Å². The highest BCUT2D eigenvalue weighted by Gasteiger charge is 2.21. The van der Waals surface area contributed by atoms with Crippen molar-refractivity contribution in [1.29, 1.82) is 0 Å². The van der Waals surface area contributed by atoms with Gasteiger partial charge in [0.25, 0.3) is 0 Å². The molecule has 5 N–H and O–H groups in total. The highest BCUT2D eigenvalue weighted by atomic mass is 31.2. The second kappa shape index (κ2) is 5.32. The van der Waals surface area contributed by atoms with Gasteiger partial charge in [0.2, 0.25) is 0 Å². The molecule has 0 radical (unpaired) electrons. The summed E-state index contributed by atoms with van der Waals surface area (Å²) >= 11 is 0. The summed E-state index contributed by atoms with van der Waals surface area (Å²) in [5.41, 5.74) is 0. The second-order valence-corrected chi connectivity index (χ2v) is 4.59. The summed E-state index contributed by atoms with van der Waals surface area (Å²) in [6.07, 6.45) is -2.32. The SMILES string of the molecule is O=P(O)(O)OCCC(O)OP(=O)(O)O. The minimum absolute atomic E-state index is 0.476. The molecule has 0 aliphatic rings. The van der Waals surface area contributed by atoms with E-state index in [1.165, 1.54) is 0 Å². The number of aliphatic hydroxyl groups is 1. The maximum absolute atomic E-state index is 10.1. The molecule has 0 saturated heterocycles. The third-order valence-electron chi connectivity index (χ3n) is 0.883. The van der Waals surface area contributed by atoms with E-state index >= 15 is 0 Å².